The molecule has 0 fully saturated rings. The lowest BCUT2D eigenvalue weighted by Crippen LogP contribution is -2.41. The third-order valence-electron chi connectivity index (χ3n) is 4.38. The summed E-state index contributed by atoms with van der Waals surface area (Å²) in [4.78, 5) is 12.5. The van der Waals surface area contributed by atoms with E-state index in [0.717, 1.165) is 16.5 Å². The highest BCUT2D eigenvalue weighted by atomic mass is 35.5. The Morgan fingerprint density at radius 2 is 1.77 bits per heavy atom. The van der Waals surface area contributed by atoms with Gasteiger partial charge in [0.2, 0.25) is 0 Å². The lowest BCUT2D eigenvalue weighted by molar-refractivity contribution is 0.102. The molecule has 0 unspecified atom stereocenters. The van der Waals surface area contributed by atoms with Crippen LogP contribution in [0.3, 0.4) is 0 Å². The number of benzene rings is 3. The lowest BCUT2D eigenvalue weighted by Gasteiger charge is -2.11. The zero-order valence-electron chi connectivity index (χ0n) is 13.7. The second-order valence-corrected chi connectivity index (χ2v) is 6.93. The normalized spacial score (nSPS) is 12.8. The molecule has 1 aliphatic rings. The van der Waals surface area contributed by atoms with Gasteiger partial charge in [-0.3, -0.25) is 4.79 Å². The van der Waals surface area contributed by atoms with Crippen LogP contribution in [0, 0.1) is 0 Å². The summed E-state index contributed by atoms with van der Waals surface area (Å²) in [5.41, 5.74) is 4.34. The number of carbonyl (C=O) groups is 1. The van der Waals surface area contributed by atoms with Crippen molar-refractivity contribution in [2.45, 2.75) is 6.61 Å². The Morgan fingerprint density at radius 1 is 1.00 bits per heavy atom. The van der Waals surface area contributed by atoms with Gasteiger partial charge in [0.1, 0.15) is 0 Å². The van der Waals surface area contributed by atoms with Crippen LogP contribution in [-0.2, 0) is 11.3 Å². The van der Waals surface area contributed by atoms with Crippen molar-refractivity contribution in [3.63, 3.8) is 0 Å². The topological polar surface area (TPSA) is 38.3 Å². The number of hydrogen-bond acceptors (Lipinski definition) is 2. The highest BCUT2D eigenvalue weighted by Crippen LogP contribution is 2.19. The number of anilines is 1. The monoisotopic (exact) mass is 381 g/mol. The molecule has 0 spiro atoms. The minimum absolute atomic E-state index is 0.167. The number of carbonyl (C=O) groups excluding carboxylic acids is 1. The van der Waals surface area contributed by atoms with Crippen LogP contribution in [0.5, 0.6) is 0 Å². The summed E-state index contributed by atoms with van der Waals surface area (Å²) in [5, 5.41) is 4.02. The third kappa shape index (κ3) is 3.36. The van der Waals surface area contributed by atoms with Crippen molar-refractivity contribution >= 4 is 52.6 Å². The number of hydrogen-bond donors (Lipinski definition) is 1. The van der Waals surface area contributed by atoms with Gasteiger partial charge >= 0.3 is 6.92 Å². The van der Waals surface area contributed by atoms with Gasteiger partial charge in [-0.15, -0.1) is 0 Å². The maximum Gasteiger partial charge on any atom is 0.362 e. The van der Waals surface area contributed by atoms with Crippen LogP contribution in [0.15, 0.2) is 66.7 Å². The second kappa shape index (κ2) is 7.16. The summed E-state index contributed by atoms with van der Waals surface area (Å²) < 4.78 is 5.94. The van der Waals surface area contributed by atoms with Crippen LogP contribution in [0.25, 0.3) is 0 Å². The number of amides is 1. The smallest absolute Gasteiger partial charge is 0.362 e. The van der Waals surface area contributed by atoms with Gasteiger partial charge in [-0.2, -0.15) is 0 Å². The summed E-state index contributed by atoms with van der Waals surface area (Å²) >= 11 is 12.1. The van der Waals surface area contributed by atoms with Gasteiger partial charge in [0.05, 0.1) is 17.2 Å². The van der Waals surface area contributed by atoms with Gasteiger partial charge in [0, 0.05) is 10.7 Å². The van der Waals surface area contributed by atoms with Gasteiger partial charge < -0.3 is 9.97 Å². The quantitative estimate of drug-likeness (QED) is 0.699. The molecular formula is C20H14BCl2NO2. The maximum absolute atomic E-state index is 12.5. The highest BCUT2D eigenvalue weighted by Gasteiger charge is 2.30. The minimum atomic E-state index is -0.238. The Morgan fingerprint density at radius 3 is 2.54 bits per heavy atom. The molecule has 0 bridgehead atoms. The second-order valence-electron chi connectivity index (χ2n) is 6.09. The third-order valence-corrected chi connectivity index (χ3v) is 4.96. The van der Waals surface area contributed by atoms with Crippen molar-refractivity contribution in [1.82, 2.24) is 0 Å². The molecule has 128 valence electrons. The Bertz CT molecular complexity index is 976. The summed E-state index contributed by atoms with van der Waals surface area (Å²) in [5.74, 6) is -0.238. The molecule has 26 heavy (non-hydrogen) atoms. The first-order valence-corrected chi connectivity index (χ1v) is 8.93. The van der Waals surface area contributed by atoms with Crippen molar-refractivity contribution in [3.05, 3.63) is 87.9 Å². The molecule has 1 aliphatic heterocycles. The molecular weight excluding hydrogens is 368 g/mol. The molecule has 0 saturated carbocycles. The van der Waals surface area contributed by atoms with E-state index < -0.39 is 0 Å². The van der Waals surface area contributed by atoms with Gasteiger partial charge in [0.25, 0.3) is 5.91 Å². The highest BCUT2D eigenvalue weighted by molar-refractivity contribution is 6.81. The molecule has 3 aromatic rings. The number of rotatable bonds is 3. The van der Waals surface area contributed by atoms with Crippen LogP contribution in [0.2, 0.25) is 10.0 Å². The van der Waals surface area contributed by atoms with Crippen molar-refractivity contribution in [3.8, 4) is 0 Å². The predicted molar refractivity (Wildman–Crippen MR) is 107 cm³/mol. The summed E-state index contributed by atoms with van der Waals surface area (Å²) in [6.45, 7) is 0.376. The molecule has 3 nitrogen and oxygen atoms in total. The Balaban J connectivity index is 1.61. The van der Waals surface area contributed by atoms with Crippen LogP contribution >= 0.6 is 23.2 Å². The van der Waals surface area contributed by atoms with E-state index in [4.69, 9.17) is 27.9 Å². The zero-order valence-corrected chi connectivity index (χ0v) is 15.2. The van der Waals surface area contributed by atoms with E-state index in [9.17, 15) is 4.79 Å². The molecule has 0 radical (unpaired) electrons. The minimum Gasteiger partial charge on any atom is -0.423 e. The standard InChI is InChI=1S/C20H14BCl2NO2/c22-15-8-6-14(7-9-15)21-18-11-16(10-5-13(18)12-26-21)24-20(25)17-3-1-2-4-19(17)23/h1-11H,12H2,(H,24,25). The fraction of sp³-hybridized carbons (Fsp3) is 0.0500. The zero-order chi connectivity index (χ0) is 18.1. The molecule has 1 N–H and O–H groups in total. The first-order valence-electron chi connectivity index (χ1n) is 8.17. The molecule has 0 atom stereocenters. The van der Waals surface area contributed by atoms with E-state index in [-0.39, 0.29) is 12.8 Å². The van der Waals surface area contributed by atoms with Crippen LogP contribution in [0.4, 0.5) is 5.69 Å². The predicted octanol–water partition coefficient (Wildman–Crippen LogP) is 3.88. The average molecular weight is 382 g/mol. The molecule has 1 heterocycles. The molecule has 0 aliphatic carbocycles. The van der Waals surface area contributed by atoms with Gasteiger partial charge in [-0.05, 0) is 52.9 Å². The summed E-state index contributed by atoms with van der Waals surface area (Å²) in [6, 6.07) is 20.4. The fourth-order valence-electron chi connectivity index (χ4n) is 3.07. The van der Waals surface area contributed by atoms with E-state index in [2.05, 4.69) is 5.32 Å². The van der Waals surface area contributed by atoms with E-state index in [1.54, 1.807) is 24.3 Å². The van der Waals surface area contributed by atoms with Crippen molar-refractivity contribution < 1.29 is 9.45 Å². The van der Waals surface area contributed by atoms with Crippen LogP contribution in [0.1, 0.15) is 15.9 Å². The summed E-state index contributed by atoms with van der Waals surface area (Å²) in [6.07, 6.45) is 0. The van der Waals surface area contributed by atoms with Crippen molar-refractivity contribution in [2.24, 2.45) is 0 Å². The molecule has 1 amide bonds. The first-order chi connectivity index (χ1) is 12.6. The molecule has 3 aromatic carbocycles. The number of fused-ring (bicyclic) bond motifs is 1. The molecule has 4 rings (SSSR count). The Hall–Kier alpha value is -2.27. The average Bonchev–Trinajstić information content (AvgIpc) is 3.06. The van der Waals surface area contributed by atoms with Crippen molar-refractivity contribution in [1.29, 1.82) is 0 Å². The Labute approximate surface area is 162 Å². The largest absolute Gasteiger partial charge is 0.423 e. The number of halogens is 2. The molecule has 0 aromatic heterocycles. The van der Waals surface area contributed by atoms with Gasteiger partial charge in [0.15, 0.2) is 0 Å². The first kappa shape index (κ1) is 17.2. The van der Waals surface area contributed by atoms with E-state index >= 15 is 0 Å². The van der Waals surface area contributed by atoms with Crippen LogP contribution < -0.4 is 16.2 Å². The van der Waals surface area contributed by atoms with E-state index in [1.165, 1.54) is 0 Å². The lowest BCUT2D eigenvalue weighted by atomic mass is 9.56. The maximum atomic E-state index is 12.5. The molecule has 0 saturated heterocycles. The summed E-state index contributed by atoms with van der Waals surface area (Å²) in [7, 11) is 0. The SMILES string of the molecule is O=C(Nc1ccc2c(c1)B(c1ccc(Cl)cc1)OC2)c1ccccc1Cl. The van der Waals surface area contributed by atoms with Gasteiger partial charge in [-0.25, -0.2) is 0 Å². The number of nitrogens with one attached hydrogen (secondary N) is 1. The fourth-order valence-corrected chi connectivity index (χ4v) is 3.42. The van der Waals surface area contributed by atoms with Crippen molar-refractivity contribution in [2.75, 3.05) is 5.32 Å². The Kier molecular flexibility index (Phi) is 4.73. The molecule has 6 heteroatoms. The van der Waals surface area contributed by atoms with E-state index in [1.807, 2.05) is 42.5 Å². The van der Waals surface area contributed by atoms with Gasteiger partial charge in [-0.1, -0.05) is 53.5 Å². The van der Waals surface area contributed by atoms with E-state index in [0.29, 0.717) is 27.9 Å². The van der Waals surface area contributed by atoms with Crippen LogP contribution in [-0.4, -0.2) is 12.8 Å².